The van der Waals surface area contributed by atoms with Crippen molar-refractivity contribution in [2.75, 3.05) is 23.3 Å². The van der Waals surface area contributed by atoms with Gasteiger partial charge in [0.1, 0.15) is 0 Å². The summed E-state index contributed by atoms with van der Waals surface area (Å²) in [5, 5.41) is 6.45. The summed E-state index contributed by atoms with van der Waals surface area (Å²) in [5.74, 6) is 0.390. The molecule has 2 aliphatic heterocycles. The molecule has 25 heavy (non-hydrogen) atoms. The van der Waals surface area contributed by atoms with Crippen LogP contribution in [0.5, 0.6) is 0 Å². The molecule has 2 atom stereocenters. The highest BCUT2D eigenvalue weighted by Crippen LogP contribution is 2.31. The second kappa shape index (κ2) is 8.68. The second-order valence-electron chi connectivity index (χ2n) is 6.95. The van der Waals surface area contributed by atoms with Crippen LogP contribution in [0.3, 0.4) is 0 Å². The predicted molar refractivity (Wildman–Crippen MR) is 103 cm³/mol. The third kappa shape index (κ3) is 4.53. The summed E-state index contributed by atoms with van der Waals surface area (Å²) in [4.78, 5) is 26.5. The highest BCUT2D eigenvalue weighted by atomic mass is 35.5. The molecule has 0 spiro atoms. The first kappa shape index (κ1) is 19.7. The number of nitrogens with one attached hydrogen (secondary N) is 2. The molecule has 0 saturated carbocycles. The standard InChI is InChI=1S/C19H27N3O2.ClH/c1-3-10-22-17-6-5-16(12-14(17)4-7-18(22)23)21-19(24)15-8-9-20-13(2)11-15;/h5-6,12-13,15,20H,3-4,7-11H2,1-2H3,(H,21,24);1H/t13-,15-;/m0./s1. The first-order chi connectivity index (χ1) is 11.6. The Morgan fingerprint density at radius 3 is 2.88 bits per heavy atom. The summed E-state index contributed by atoms with van der Waals surface area (Å²) in [7, 11) is 0. The zero-order valence-electron chi connectivity index (χ0n) is 15.0. The minimum absolute atomic E-state index is 0. The van der Waals surface area contributed by atoms with Crippen molar-refractivity contribution in [1.82, 2.24) is 5.32 Å². The van der Waals surface area contributed by atoms with Gasteiger partial charge in [0.15, 0.2) is 0 Å². The van der Waals surface area contributed by atoms with Crippen molar-refractivity contribution >= 4 is 35.6 Å². The van der Waals surface area contributed by atoms with E-state index in [1.165, 1.54) is 0 Å². The number of aryl methyl sites for hydroxylation is 1. The molecular formula is C19H28ClN3O2. The molecule has 0 aromatic heterocycles. The minimum Gasteiger partial charge on any atom is -0.326 e. The molecule has 2 N–H and O–H groups in total. The molecule has 138 valence electrons. The van der Waals surface area contributed by atoms with Crippen molar-refractivity contribution in [3.05, 3.63) is 23.8 Å². The lowest BCUT2D eigenvalue weighted by atomic mass is 9.92. The number of hydrogen-bond acceptors (Lipinski definition) is 3. The van der Waals surface area contributed by atoms with E-state index in [-0.39, 0.29) is 30.1 Å². The number of rotatable bonds is 4. The number of amides is 2. The maximum Gasteiger partial charge on any atom is 0.227 e. The summed E-state index contributed by atoms with van der Waals surface area (Å²) in [6, 6.07) is 6.32. The Bertz CT molecular complexity index is 635. The monoisotopic (exact) mass is 365 g/mol. The Balaban J connectivity index is 0.00000225. The van der Waals surface area contributed by atoms with Gasteiger partial charge in [-0.25, -0.2) is 0 Å². The number of halogens is 1. The minimum atomic E-state index is 0. The molecule has 0 unspecified atom stereocenters. The normalized spacial score (nSPS) is 22.8. The topological polar surface area (TPSA) is 61.4 Å². The zero-order valence-corrected chi connectivity index (χ0v) is 15.8. The number of carbonyl (C=O) groups excluding carboxylic acids is 2. The highest BCUT2D eigenvalue weighted by molar-refractivity contribution is 5.98. The number of anilines is 2. The van der Waals surface area contributed by atoms with Crippen LogP contribution in [0.25, 0.3) is 0 Å². The summed E-state index contributed by atoms with van der Waals surface area (Å²) in [5.41, 5.74) is 3.00. The summed E-state index contributed by atoms with van der Waals surface area (Å²) in [6.07, 6.45) is 4.02. The maximum absolute atomic E-state index is 12.5. The number of fused-ring (bicyclic) bond motifs is 1. The number of carbonyl (C=O) groups is 2. The van der Waals surface area contributed by atoms with E-state index in [2.05, 4.69) is 24.5 Å². The zero-order chi connectivity index (χ0) is 17.1. The van der Waals surface area contributed by atoms with Gasteiger partial charge in [-0.3, -0.25) is 9.59 Å². The van der Waals surface area contributed by atoms with E-state index in [0.717, 1.165) is 55.7 Å². The van der Waals surface area contributed by atoms with Gasteiger partial charge in [0.2, 0.25) is 11.8 Å². The van der Waals surface area contributed by atoms with Gasteiger partial charge in [0.25, 0.3) is 0 Å². The van der Waals surface area contributed by atoms with Crippen molar-refractivity contribution in [1.29, 1.82) is 0 Å². The van der Waals surface area contributed by atoms with Gasteiger partial charge in [-0.15, -0.1) is 12.4 Å². The van der Waals surface area contributed by atoms with Gasteiger partial charge in [0, 0.05) is 36.3 Å². The van der Waals surface area contributed by atoms with Crippen LogP contribution in [0.15, 0.2) is 18.2 Å². The van der Waals surface area contributed by atoms with Gasteiger partial charge in [-0.2, -0.15) is 0 Å². The molecule has 5 nitrogen and oxygen atoms in total. The quantitative estimate of drug-likeness (QED) is 0.861. The van der Waals surface area contributed by atoms with Gasteiger partial charge in [-0.1, -0.05) is 6.92 Å². The van der Waals surface area contributed by atoms with Gasteiger partial charge in [-0.05, 0) is 62.9 Å². The van der Waals surface area contributed by atoms with Crippen LogP contribution < -0.4 is 15.5 Å². The van der Waals surface area contributed by atoms with Crippen LogP contribution in [0.1, 0.15) is 45.1 Å². The van der Waals surface area contributed by atoms with Crippen molar-refractivity contribution in [3.8, 4) is 0 Å². The van der Waals surface area contributed by atoms with Crippen LogP contribution in [-0.2, 0) is 16.0 Å². The van der Waals surface area contributed by atoms with Crippen molar-refractivity contribution in [2.24, 2.45) is 5.92 Å². The Morgan fingerprint density at radius 2 is 2.16 bits per heavy atom. The average molecular weight is 366 g/mol. The SMILES string of the molecule is CCCN1C(=O)CCc2cc(NC(=O)[C@H]3CCN[C@@H](C)C3)ccc21.Cl. The summed E-state index contributed by atoms with van der Waals surface area (Å²) < 4.78 is 0. The second-order valence-corrected chi connectivity index (χ2v) is 6.95. The molecule has 6 heteroatoms. The number of benzene rings is 1. The Morgan fingerprint density at radius 1 is 1.36 bits per heavy atom. The fourth-order valence-corrected chi connectivity index (χ4v) is 3.72. The first-order valence-electron chi connectivity index (χ1n) is 9.06. The molecule has 0 radical (unpaired) electrons. The summed E-state index contributed by atoms with van der Waals surface area (Å²) in [6.45, 7) is 5.86. The van der Waals surface area contributed by atoms with Gasteiger partial charge < -0.3 is 15.5 Å². The largest absolute Gasteiger partial charge is 0.326 e. The third-order valence-corrected chi connectivity index (χ3v) is 4.99. The Hall–Kier alpha value is -1.59. The van der Waals surface area contributed by atoms with E-state index in [1.807, 2.05) is 23.1 Å². The lowest BCUT2D eigenvalue weighted by Gasteiger charge is -2.30. The molecule has 0 bridgehead atoms. The molecule has 2 aliphatic rings. The average Bonchev–Trinajstić information content (AvgIpc) is 2.57. The van der Waals surface area contributed by atoms with Crippen LogP contribution >= 0.6 is 12.4 Å². The predicted octanol–water partition coefficient (Wildman–Crippen LogP) is 3.12. The molecule has 1 aromatic carbocycles. The van der Waals surface area contributed by atoms with Gasteiger partial charge in [0.05, 0.1) is 0 Å². The van der Waals surface area contributed by atoms with Crippen LogP contribution in [-0.4, -0.2) is 30.9 Å². The Labute approximate surface area is 155 Å². The fourth-order valence-electron chi connectivity index (χ4n) is 3.72. The van der Waals surface area contributed by atoms with E-state index < -0.39 is 0 Å². The van der Waals surface area contributed by atoms with Crippen molar-refractivity contribution in [3.63, 3.8) is 0 Å². The molecule has 0 aliphatic carbocycles. The molecule has 2 amide bonds. The van der Waals surface area contributed by atoms with Crippen molar-refractivity contribution in [2.45, 2.75) is 52.0 Å². The highest BCUT2D eigenvalue weighted by Gasteiger charge is 2.26. The lowest BCUT2D eigenvalue weighted by Crippen LogP contribution is -2.40. The molecule has 1 saturated heterocycles. The summed E-state index contributed by atoms with van der Waals surface area (Å²) >= 11 is 0. The maximum atomic E-state index is 12.5. The molecule has 1 fully saturated rings. The first-order valence-corrected chi connectivity index (χ1v) is 9.06. The van der Waals surface area contributed by atoms with E-state index in [1.54, 1.807) is 0 Å². The number of piperidine rings is 1. The molecule has 2 heterocycles. The van der Waals surface area contributed by atoms with Crippen LogP contribution in [0.4, 0.5) is 11.4 Å². The number of hydrogen-bond donors (Lipinski definition) is 2. The number of nitrogens with zero attached hydrogens (tertiary/aromatic N) is 1. The van der Waals surface area contributed by atoms with Crippen LogP contribution in [0, 0.1) is 5.92 Å². The van der Waals surface area contributed by atoms with E-state index >= 15 is 0 Å². The van der Waals surface area contributed by atoms with Gasteiger partial charge >= 0.3 is 0 Å². The fraction of sp³-hybridized carbons (Fsp3) is 0.579. The third-order valence-electron chi connectivity index (χ3n) is 4.99. The van der Waals surface area contributed by atoms with E-state index in [0.29, 0.717) is 12.5 Å². The lowest BCUT2D eigenvalue weighted by molar-refractivity contribution is -0.121. The molecular weight excluding hydrogens is 338 g/mol. The van der Waals surface area contributed by atoms with E-state index in [4.69, 9.17) is 0 Å². The molecule has 1 aromatic rings. The van der Waals surface area contributed by atoms with Crippen LogP contribution in [0.2, 0.25) is 0 Å². The Kier molecular flexibility index (Phi) is 6.85. The van der Waals surface area contributed by atoms with E-state index in [9.17, 15) is 9.59 Å². The molecule has 3 rings (SSSR count). The van der Waals surface area contributed by atoms with Crippen molar-refractivity contribution < 1.29 is 9.59 Å². The smallest absolute Gasteiger partial charge is 0.227 e.